The van der Waals surface area contributed by atoms with Gasteiger partial charge in [0.25, 0.3) is 0 Å². The zero-order valence-electron chi connectivity index (χ0n) is 8.57. The van der Waals surface area contributed by atoms with Gasteiger partial charge in [-0.3, -0.25) is 4.79 Å². The van der Waals surface area contributed by atoms with Crippen LogP contribution in [-0.4, -0.2) is 70.0 Å². The van der Waals surface area contributed by atoms with Gasteiger partial charge in [0.05, 0.1) is 32.8 Å². The molecular weight excluding hydrogens is 224 g/mol. The molecular formula is C8H16O8. The maximum absolute atomic E-state index is 9.72. The summed E-state index contributed by atoms with van der Waals surface area (Å²) < 4.78 is 4.63. The Balaban J connectivity index is 0. The fraction of sp³-hybridized carbons (Fsp3) is 0.750. The Kier molecular flexibility index (Phi) is 12.7. The molecule has 1 unspecified atom stereocenters. The summed E-state index contributed by atoms with van der Waals surface area (Å²) in [4.78, 5) is 19.4. The van der Waals surface area contributed by atoms with Crippen LogP contribution in [0.25, 0.3) is 0 Å². The third kappa shape index (κ3) is 15.3. The predicted molar refractivity (Wildman–Crippen MR) is 50.9 cm³/mol. The van der Waals surface area contributed by atoms with Crippen LogP contribution in [0.15, 0.2) is 0 Å². The summed E-state index contributed by atoms with van der Waals surface area (Å²) in [5.41, 5.74) is 0. The average Bonchev–Trinajstić information content (AvgIpc) is 2.18. The molecule has 0 fully saturated rings. The van der Waals surface area contributed by atoms with E-state index >= 15 is 0 Å². The Bertz CT molecular complexity index is 188. The van der Waals surface area contributed by atoms with Gasteiger partial charge in [0.2, 0.25) is 0 Å². The van der Waals surface area contributed by atoms with Crippen LogP contribution in [-0.2, 0) is 14.3 Å². The van der Waals surface area contributed by atoms with Crippen LogP contribution in [0.1, 0.15) is 6.42 Å². The van der Waals surface area contributed by atoms with Gasteiger partial charge in [0, 0.05) is 0 Å². The highest BCUT2D eigenvalue weighted by Gasteiger charge is 2.16. The van der Waals surface area contributed by atoms with E-state index < -0.39 is 24.5 Å². The summed E-state index contributed by atoms with van der Waals surface area (Å²) >= 11 is 0. The first kappa shape index (κ1) is 17.2. The molecule has 16 heavy (non-hydrogen) atoms. The molecule has 5 N–H and O–H groups in total. The third-order valence-electron chi connectivity index (χ3n) is 1.12. The lowest BCUT2D eigenvalue weighted by Gasteiger charge is -1.97. The smallest absolute Gasteiger partial charge is 0.333 e. The van der Waals surface area contributed by atoms with Crippen molar-refractivity contribution in [2.45, 2.75) is 12.5 Å². The summed E-state index contributed by atoms with van der Waals surface area (Å²) in [6.45, 7) is 0.696. The van der Waals surface area contributed by atoms with Gasteiger partial charge in [0.1, 0.15) is 0 Å². The van der Waals surface area contributed by atoms with Crippen molar-refractivity contribution in [1.82, 2.24) is 0 Å². The molecule has 0 aliphatic rings. The van der Waals surface area contributed by atoms with Crippen LogP contribution in [0.4, 0.5) is 0 Å². The van der Waals surface area contributed by atoms with Crippen molar-refractivity contribution in [3.63, 3.8) is 0 Å². The SMILES string of the molecule is O=C(O)CC(O)C(=O)O.OCCOCCO. The third-order valence-corrected chi connectivity index (χ3v) is 1.12. The number of aliphatic hydroxyl groups is 3. The van der Waals surface area contributed by atoms with Gasteiger partial charge in [-0.25, -0.2) is 4.79 Å². The number of aliphatic hydroxyl groups excluding tert-OH is 3. The number of aliphatic carboxylic acids is 2. The van der Waals surface area contributed by atoms with E-state index in [4.69, 9.17) is 25.5 Å². The highest BCUT2D eigenvalue weighted by Crippen LogP contribution is 1.89. The molecule has 8 heteroatoms. The average molecular weight is 240 g/mol. The fourth-order valence-corrected chi connectivity index (χ4v) is 0.484. The number of hydrogen-bond acceptors (Lipinski definition) is 6. The molecule has 0 bridgehead atoms. The fourth-order valence-electron chi connectivity index (χ4n) is 0.484. The zero-order valence-corrected chi connectivity index (χ0v) is 8.57. The quantitative estimate of drug-likeness (QED) is 0.318. The largest absolute Gasteiger partial charge is 0.481 e. The maximum Gasteiger partial charge on any atom is 0.333 e. The number of hydrogen-bond donors (Lipinski definition) is 5. The second-order valence-electron chi connectivity index (χ2n) is 2.51. The van der Waals surface area contributed by atoms with Gasteiger partial charge < -0.3 is 30.3 Å². The molecule has 96 valence electrons. The van der Waals surface area contributed by atoms with E-state index in [0.717, 1.165) is 0 Å². The monoisotopic (exact) mass is 240 g/mol. The molecule has 0 spiro atoms. The second kappa shape index (κ2) is 11.9. The van der Waals surface area contributed by atoms with Gasteiger partial charge in [0.15, 0.2) is 6.10 Å². The first-order valence-corrected chi connectivity index (χ1v) is 4.37. The van der Waals surface area contributed by atoms with Gasteiger partial charge >= 0.3 is 11.9 Å². The summed E-state index contributed by atoms with van der Waals surface area (Å²) in [6, 6.07) is 0. The number of carboxylic acids is 2. The van der Waals surface area contributed by atoms with Crippen LogP contribution in [0.5, 0.6) is 0 Å². The molecule has 0 saturated heterocycles. The molecule has 0 radical (unpaired) electrons. The lowest BCUT2D eigenvalue weighted by molar-refractivity contribution is -0.152. The number of ether oxygens (including phenoxy) is 1. The number of carboxylic acid groups (broad SMARTS) is 2. The minimum atomic E-state index is -1.79. The Morgan fingerprint density at radius 1 is 1.06 bits per heavy atom. The van der Waals surface area contributed by atoms with Crippen LogP contribution in [0.3, 0.4) is 0 Å². The van der Waals surface area contributed by atoms with Crippen molar-refractivity contribution in [2.24, 2.45) is 0 Å². The van der Waals surface area contributed by atoms with E-state index in [1.54, 1.807) is 0 Å². The molecule has 0 aliphatic carbocycles. The Morgan fingerprint density at radius 3 is 1.69 bits per heavy atom. The summed E-state index contributed by atoms with van der Waals surface area (Å²) in [5.74, 6) is -2.85. The van der Waals surface area contributed by atoms with Crippen LogP contribution in [0, 0.1) is 0 Å². The highest BCUT2D eigenvalue weighted by molar-refractivity contribution is 5.79. The van der Waals surface area contributed by atoms with E-state index in [0.29, 0.717) is 13.2 Å². The summed E-state index contributed by atoms with van der Waals surface area (Å²) in [6.07, 6.45) is -2.54. The highest BCUT2D eigenvalue weighted by atomic mass is 16.5. The van der Waals surface area contributed by atoms with Crippen molar-refractivity contribution in [2.75, 3.05) is 26.4 Å². The van der Waals surface area contributed by atoms with E-state index in [1.165, 1.54) is 0 Å². The predicted octanol–water partition coefficient (Wildman–Crippen LogP) is -2.11. The Labute approximate surface area is 91.7 Å². The summed E-state index contributed by atoms with van der Waals surface area (Å²) in [5, 5.41) is 40.3. The van der Waals surface area contributed by atoms with E-state index in [-0.39, 0.29) is 13.2 Å². The first-order chi connectivity index (χ1) is 7.45. The normalized spacial score (nSPS) is 11.2. The molecule has 1 atom stereocenters. The molecule has 0 amide bonds. The number of rotatable bonds is 7. The van der Waals surface area contributed by atoms with E-state index in [1.807, 2.05) is 0 Å². The topological polar surface area (TPSA) is 145 Å². The molecule has 0 saturated carbocycles. The summed E-state index contributed by atoms with van der Waals surface area (Å²) in [7, 11) is 0. The van der Waals surface area contributed by atoms with Crippen molar-refractivity contribution < 1.29 is 39.9 Å². The second-order valence-corrected chi connectivity index (χ2v) is 2.51. The van der Waals surface area contributed by atoms with Gasteiger partial charge in [-0.2, -0.15) is 0 Å². The molecule has 0 rings (SSSR count). The maximum atomic E-state index is 9.72. The Morgan fingerprint density at radius 2 is 1.50 bits per heavy atom. The van der Waals surface area contributed by atoms with Crippen molar-refractivity contribution >= 4 is 11.9 Å². The lowest BCUT2D eigenvalue weighted by atomic mass is 10.3. The molecule has 0 aromatic heterocycles. The molecule has 0 heterocycles. The number of carbonyl (C=O) groups is 2. The zero-order chi connectivity index (χ0) is 13.0. The Hall–Kier alpha value is -1.22. The van der Waals surface area contributed by atoms with Crippen LogP contribution >= 0.6 is 0 Å². The van der Waals surface area contributed by atoms with Crippen molar-refractivity contribution in [1.29, 1.82) is 0 Å². The van der Waals surface area contributed by atoms with Gasteiger partial charge in [-0.05, 0) is 0 Å². The molecule has 0 aromatic rings. The minimum Gasteiger partial charge on any atom is -0.481 e. The van der Waals surface area contributed by atoms with Crippen LogP contribution < -0.4 is 0 Å². The van der Waals surface area contributed by atoms with Gasteiger partial charge in [-0.15, -0.1) is 0 Å². The molecule has 8 nitrogen and oxygen atoms in total. The molecule has 0 aromatic carbocycles. The first-order valence-electron chi connectivity index (χ1n) is 4.37. The van der Waals surface area contributed by atoms with E-state index in [2.05, 4.69) is 4.74 Å². The lowest BCUT2D eigenvalue weighted by Crippen LogP contribution is -2.22. The molecule has 0 aliphatic heterocycles. The standard InChI is InChI=1S/C4H6O5.C4H10O3/c5-2(4(8)9)1-3(6)7;5-1-3-7-4-2-6/h2,5H,1H2,(H,6,7)(H,8,9);5-6H,1-4H2. The van der Waals surface area contributed by atoms with Gasteiger partial charge in [-0.1, -0.05) is 0 Å². The minimum absolute atomic E-state index is 0.0278. The van der Waals surface area contributed by atoms with Crippen molar-refractivity contribution in [3.8, 4) is 0 Å². The van der Waals surface area contributed by atoms with E-state index in [9.17, 15) is 9.59 Å². The van der Waals surface area contributed by atoms with Crippen LogP contribution in [0.2, 0.25) is 0 Å². The van der Waals surface area contributed by atoms with Crippen molar-refractivity contribution in [3.05, 3.63) is 0 Å².